The molecule has 1 aromatic rings. The summed E-state index contributed by atoms with van der Waals surface area (Å²) in [7, 11) is 0. The van der Waals surface area contributed by atoms with Crippen LogP contribution in [0.4, 0.5) is 5.69 Å². The summed E-state index contributed by atoms with van der Waals surface area (Å²) < 4.78 is 0. The van der Waals surface area contributed by atoms with Gasteiger partial charge in [-0.25, -0.2) is 5.10 Å². The Morgan fingerprint density at radius 1 is 1.38 bits per heavy atom. The average molecular weight is 241 g/mol. The molecule has 2 saturated heterocycles. The maximum absolute atomic E-state index is 11.4. The van der Waals surface area contributed by atoms with Gasteiger partial charge in [0.25, 0.3) is 5.56 Å². The SMILES string of the molecule is O=c1[nH]ncc(N2CC3CNCC3C2)c1Cl. The molecule has 2 N–H and O–H groups in total. The van der Waals surface area contributed by atoms with Gasteiger partial charge in [0.05, 0.1) is 11.9 Å². The Morgan fingerprint density at radius 3 is 2.75 bits per heavy atom. The lowest BCUT2D eigenvalue weighted by molar-refractivity contribution is 0.533. The highest BCUT2D eigenvalue weighted by Crippen LogP contribution is 2.32. The normalized spacial score (nSPS) is 28.4. The molecular formula is C10H13ClN4O. The van der Waals surface area contributed by atoms with Gasteiger partial charge >= 0.3 is 0 Å². The van der Waals surface area contributed by atoms with Crippen LogP contribution in [0.5, 0.6) is 0 Å². The number of nitrogens with zero attached hydrogens (tertiary/aromatic N) is 2. The summed E-state index contributed by atoms with van der Waals surface area (Å²) in [5.74, 6) is 1.35. The van der Waals surface area contributed by atoms with Crippen molar-refractivity contribution in [2.24, 2.45) is 11.8 Å². The van der Waals surface area contributed by atoms with E-state index in [0.717, 1.165) is 31.9 Å². The van der Waals surface area contributed by atoms with Crippen molar-refractivity contribution in [3.8, 4) is 0 Å². The van der Waals surface area contributed by atoms with Gasteiger partial charge in [0.1, 0.15) is 5.02 Å². The predicted molar refractivity (Wildman–Crippen MR) is 61.9 cm³/mol. The molecule has 6 heteroatoms. The number of halogens is 1. The van der Waals surface area contributed by atoms with Gasteiger partial charge in [-0.1, -0.05) is 11.6 Å². The number of rotatable bonds is 1. The lowest BCUT2D eigenvalue weighted by Gasteiger charge is -2.19. The minimum absolute atomic E-state index is 0.253. The van der Waals surface area contributed by atoms with Crippen LogP contribution in [-0.4, -0.2) is 36.4 Å². The van der Waals surface area contributed by atoms with Gasteiger partial charge in [-0.3, -0.25) is 4.79 Å². The highest BCUT2D eigenvalue weighted by molar-refractivity contribution is 6.33. The molecule has 0 amide bonds. The highest BCUT2D eigenvalue weighted by atomic mass is 35.5. The lowest BCUT2D eigenvalue weighted by atomic mass is 10.0. The van der Waals surface area contributed by atoms with E-state index in [4.69, 9.17) is 11.6 Å². The van der Waals surface area contributed by atoms with Crippen LogP contribution in [0.3, 0.4) is 0 Å². The Kier molecular flexibility index (Phi) is 2.37. The van der Waals surface area contributed by atoms with Crippen molar-refractivity contribution in [3.63, 3.8) is 0 Å². The summed E-state index contributed by atoms with van der Waals surface area (Å²) in [6, 6.07) is 0. The second kappa shape index (κ2) is 3.75. The number of fused-ring (bicyclic) bond motifs is 1. The number of hydrogen-bond donors (Lipinski definition) is 2. The van der Waals surface area contributed by atoms with Gasteiger partial charge in [-0.2, -0.15) is 5.10 Å². The standard InChI is InChI=1S/C10H13ClN4O/c11-9-8(3-13-14-10(9)16)15-4-6-1-12-2-7(6)5-15/h3,6-7,12H,1-2,4-5H2,(H,14,16). The third-order valence-corrected chi connectivity index (χ3v) is 3.87. The van der Waals surface area contributed by atoms with Crippen LogP contribution in [0.15, 0.2) is 11.0 Å². The van der Waals surface area contributed by atoms with E-state index >= 15 is 0 Å². The first kappa shape index (κ1) is 10.1. The Labute approximate surface area is 97.8 Å². The second-order valence-electron chi connectivity index (χ2n) is 4.48. The summed E-state index contributed by atoms with van der Waals surface area (Å²) in [6.45, 7) is 4.05. The number of anilines is 1. The summed E-state index contributed by atoms with van der Waals surface area (Å²) in [6.07, 6.45) is 1.64. The van der Waals surface area contributed by atoms with E-state index in [0.29, 0.717) is 11.8 Å². The molecule has 1 aromatic heterocycles. The highest BCUT2D eigenvalue weighted by Gasteiger charge is 2.36. The van der Waals surface area contributed by atoms with Gasteiger partial charge in [0.2, 0.25) is 0 Å². The van der Waals surface area contributed by atoms with Gasteiger partial charge < -0.3 is 10.2 Å². The van der Waals surface area contributed by atoms with E-state index in [1.807, 2.05) is 0 Å². The summed E-state index contributed by atoms with van der Waals surface area (Å²) >= 11 is 5.99. The minimum Gasteiger partial charge on any atom is -0.368 e. The van der Waals surface area contributed by atoms with Gasteiger partial charge in [-0.05, 0) is 11.8 Å². The molecule has 2 fully saturated rings. The number of nitrogens with one attached hydrogen (secondary N) is 2. The predicted octanol–water partition coefficient (Wildman–Crippen LogP) is 0.0789. The number of aromatic amines is 1. The van der Waals surface area contributed by atoms with Crippen molar-refractivity contribution in [2.75, 3.05) is 31.1 Å². The fourth-order valence-electron chi connectivity index (χ4n) is 2.65. The molecule has 16 heavy (non-hydrogen) atoms. The zero-order valence-electron chi connectivity index (χ0n) is 8.74. The van der Waals surface area contributed by atoms with Crippen molar-refractivity contribution in [1.82, 2.24) is 15.5 Å². The fraction of sp³-hybridized carbons (Fsp3) is 0.600. The topological polar surface area (TPSA) is 61.0 Å². The Bertz CT molecular complexity index is 448. The molecule has 0 aromatic carbocycles. The second-order valence-corrected chi connectivity index (χ2v) is 4.86. The molecule has 3 rings (SSSR count). The number of aromatic nitrogens is 2. The van der Waals surface area contributed by atoms with Crippen LogP contribution in [0, 0.1) is 11.8 Å². The zero-order valence-corrected chi connectivity index (χ0v) is 9.50. The van der Waals surface area contributed by atoms with E-state index < -0.39 is 0 Å². The number of H-pyrrole nitrogens is 1. The van der Waals surface area contributed by atoms with Crippen molar-refractivity contribution in [3.05, 3.63) is 21.6 Å². The maximum Gasteiger partial charge on any atom is 0.285 e. The lowest BCUT2D eigenvalue weighted by Crippen LogP contribution is -2.27. The maximum atomic E-state index is 11.4. The Hall–Kier alpha value is -1.07. The van der Waals surface area contributed by atoms with Crippen molar-refractivity contribution >= 4 is 17.3 Å². The van der Waals surface area contributed by atoms with Crippen LogP contribution in [0.1, 0.15) is 0 Å². The third-order valence-electron chi connectivity index (χ3n) is 3.51. The molecule has 0 saturated carbocycles. The summed E-state index contributed by atoms with van der Waals surface area (Å²) in [4.78, 5) is 13.5. The molecule has 86 valence electrons. The van der Waals surface area contributed by atoms with Crippen LogP contribution in [0.2, 0.25) is 5.02 Å². The molecule has 5 nitrogen and oxygen atoms in total. The molecule has 0 radical (unpaired) electrons. The van der Waals surface area contributed by atoms with E-state index in [-0.39, 0.29) is 10.6 Å². The summed E-state index contributed by atoms with van der Waals surface area (Å²) in [5.41, 5.74) is 0.453. The van der Waals surface area contributed by atoms with Gasteiger partial charge in [-0.15, -0.1) is 0 Å². The fourth-order valence-corrected chi connectivity index (χ4v) is 2.86. The molecule has 2 atom stereocenters. The molecule has 2 aliphatic heterocycles. The average Bonchev–Trinajstić information content (AvgIpc) is 2.81. The smallest absolute Gasteiger partial charge is 0.285 e. The molecule has 0 aliphatic carbocycles. The molecular weight excluding hydrogens is 228 g/mol. The minimum atomic E-state index is -0.311. The zero-order chi connectivity index (χ0) is 11.1. The van der Waals surface area contributed by atoms with Crippen molar-refractivity contribution in [1.29, 1.82) is 0 Å². The Morgan fingerprint density at radius 2 is 2.06 bits per heavy atom. The Balaban J connectivity index is 1.89. The van der Waals surface area contributed by atoms with Crippen molar-refractivity contribution in [2.45, 2.75) is 0 Å². The van der Waals surface area contributed by atoms with Crippen LogP contribution >= 0.6 is 11.6 Å². The van der Waals surface area contributed by atoms with E-state index in [1.54, 1.807) is 6.20 Å². The van der Waals surface area contributed by atoms with E-state index in [1.165, 1.54) is 0 Å². The van der Waals surface area contributed by atoms with Crippen LogP contribution in [-0.2, 0) is 0 Å². The van der Waals surface area contributed by atoms with Crippen LogP contribution in [0.25, 0.3) is 0 Å². The van der Waals surface area contributed by atoms with Crippen molar-refractivity contribution < 1.29 is 0 Å². The summed E-state index contributed by atoms with van der Waals surface area (Å²) in [5, 5.41) is 9.77. The van der Waals surface area contributed by atoms with Gasteiger partial charge in [0, 0.05) is 26.2 Å². The monoisotopic (exact) mass is 240 g/mol. The molecule has 2 aliphatic rings. The third kappa shape index (κ3) is 1.51. The van der Waals surface area contributed by atoms with E-state index in [2.05, 4.69) is 20.4 Å². The quantitative estimate of drug-likeness (QED) is 0.730. The molecule has 3 heterocycles. The molecule has 2 unspecified atom stereocenters. The molecule has 0 spiro atoms. The first-order chi connectivity index (χ1) is 7.75. The largest absolute Gasteiger partial charge is 0.368 e. The van der Waals surface area contributed by atoms with Crippen LogP contribution < -0.4 is 15.8 Å². The molecule has 0 bridgehead atoms. The number of hydrogen-bond acceptors (Lipinski definition) is 4. The van der Waals surface area contributed by atoms with Gasteiger partial charge in [0.15, 0.2) is 0 Å². The first-order valence-corrected chi connectivity index (χ1v) is 5.82. The first-order valence-electron chi connectivity index (χ1n) is 5.44. The van der Waals surface area contributed by atoms with E-state index in [9.17, 15) is 4.79 Å².